The number of hydrogen-bond acceptors (Lipinski definition) is 12. The summed E-state index contributed by atoms with van der Waals surface area (Å²) in [5.74, 6) is 4.23. The van der Waals surface area contributed by atoms with Crippen molar-refractivity contribution >= 4 is 17.7 Å². The topological polar surface area (TPSA) is 166 Å². The molecule has 0 bridgehead atoms. The summed E-state index contributed by atoms with van der Waals surface area (Å²) < 4.78 is 28.8. The van der Waals surface area contributed by atoms with Crippen LogP contribution in [0.2, 0.25) is 0 Å². The number of nitrogens with zero attached hydrogens (tertiary/aromatic N) is 3. The summed E-state index contributed by atoms with van der Waals surface area (Å²) in [6.45, 7) is 20.8. The third-order valence-electron chi connectivity index (χ3n) is 11.7. The van der Waals surface area contributed by atoms with Crippen molar-refractivity contribution in [1.29, 1.82) is 0 Å². The number of likely N-dealkylation sites (tertiary alicyclic amines) is 1. The molecule has 15 nitrogen and oxygen atoms in total. The van der Waals surface area contributed by atoms with Crippen LogP contribution in [-0.2, 0) is 49.3 Å². The van der Waals surface area contributed by atoms with Gasteiger partial charge in [0.15, 0.2) is 0 Å². The van der Waals surface area contributed by atoms with Gasteiger partial charge >= 0.3 is 0 Å². The first kappa shape index (κ1) is 53.0. The van der Waals surface area contributed by atoms with Crippen LogP contribution < -0.4 is 16.5 Å². The molecule has 8 unspecified atom stereocenters. The van der Waals surface area contributed by atoms with E-state index < -0.39 is 6.04 Å². The maximum atomic E-state index is 13.8. The minimum absolute atomic E-state index is 0.000252. The van der Waals surface area contributed by atoms with Gasteiger partial charge in [0.1, 0.15) is 0 Å². The van der Waals surface area contributed by atoms with Crippen molar-refractivity contribution < 1.29 is 42.9 Å². The summed E-state index contributed by atoms with van der Waals surface area (Å²) in [6, 6.07) is 9.36. The van der Waals surface area contributed by atoms with Crippen LogP contribution >= 0.6 is 0 Å². The Labute approximate surface area is 361 Å². The van der Waals surface area contributed by atoms with Crippen molar-refractivity contribution in [2.24, 2.45) is 23.7 Å². The number of hydrogen-bond donors (Lipinski definition) is 3. The Morgan fingerprint density at radius 1 is 0.900 bits per heavy atom. The van der Waals surface area contributed by atoms with E-state index in [1.807, 2.05) is 57.8 Å². The molecule has 1 saturated heterocycles. The summed E-state index contributed by atoms with van der Waals surface area (Å²) >= 11 is 0. The first-order valence-electron chi connectivity index (χ1n) is 21.8. The van der Waals surface area contributed by atoms with E-state index in [1.54, 1.807) is 26.2 Å². The molecule has 2 rings (SSSR count). The number of likely N-dealkylation sites (N-methyl/N-ethyl adjacent to an activating group) is 2. The van der Waals surface area contributed by atoms with E-state index in [-0.39, 0.29) is 72.4 Å². The maximum absolute atomic E-state index is 13.8. The highest BCUT2D eigenvalue weighted by atomic mass is 16.6. The average Bonchev–Trinajstić information content (AvgIpc) is 3.71. The van der Waals surface area contributed by atoms with Crippen LogP contribution in [0.25, 0.3) is 0 Å². The Bertz CT molecular complexity index is 1370. The Hall–Kier alpha value is -3.15. The summed E-state index contributed by atoms with van der Waals surface area (Å²) in [5.41, 5.74) is 2.06. The lowest BCUT2D eigenvalue weighted by Crippen LogP contribution is -2.54. The van der Waals surface area contributed by atoms with Crippen molar-refractivity contribution in [3.63, 3.8) is 0 Å². The standard InChI is InChI=1S/C45H80N6O9/c1-12-33(4)42(50(9)40(52)31-47-45(54)41(32(2)3)49(8)21-22-57-23-24-58-25-26-59-27-28-60-46)39(55-10)30-35(6)51-20-16-19-38(51)43(56-11)36(7)44(53)48-34(5)29-37-17-14-13-15-18-37/h13-15,17-18,32-34,36,38-39,41-43H,6,12,16,19-31,46H2,1-5,7-11H3,(H,47,54)(H,48,53). The molecule has 1 aromatic carbocycles. The Balaban J connectivity index is 1.98. The van der Waals surface area contributed by atoms with Crippen LogP contribution in [0.4, 0.5) is 0 Å². The van der Waals surface area contributed by atoms with Gasteiger partial charge in [0.05, 0.1) is 89.0 Å². The molecule has 0 aromatic heterocycles. The second kappa shape index (κ2) is 29.2. The molecular formula is C45H80N6O9. The Morgan fingerprint density at radius 2 is 1.52 bits per heavy atom. The van der Waals surface area contributed by atoms with E-state index in [4.69, 9.17) is 29.6 Å². The Kier molecular flexibility index (Phi) is 25.8. The minimum Gasteiger partial charge on any atom is -0.379 e. The zero-order chi connectivity index (χ0) is 44.6. The van der Waals surface area contributed by atoms with Crippen LogP contribution in [0.1, 0.15) is 72.8 Å². The fourth-order valence-electron chi connectivity index (χ4n) is 8.26. The molecule has 1 heterocycles. The van der Waals surface area contributed by atoms with Crippen LogP contribution in [0.15, 0.2) is 42.6 Å². The van der Waals surface area contributed by atoms with Gasteiger partial charge in [-0.25, -0.2) is 5.90 Å². The number of nitrogens with one attached hydrogen (secondary N) is 2. The maximum Gasteiger partial charge on any atom is 0.242 e. The number of carbonyl (C=O) groups is 3. The van der Waals surface area contributed by atoms with Gasteiger partial charge in [-0.3, -0.25) is 19.3 Å². The molecule has 60 heavy (non-hydrogen) atoms. The van der Waals surface area contributed by atoms with Crippen molar-refractivity contribution in [2.75, 3.05) is 94.2 Å². The number of benzene rings is 1. The quantitative estimate of drug-likeness (QED) is 0.0713. The van der Waals surface area contributed by atoms with Gasteiger partial charge in [-0.1, -0.05) is 78.0 Å². The molecule has 1 aliphatic heterocycles. The number of nitrogens with two attached hydrogens (primary N) is 1. The zero-order valence-corrected chi connectivity index (χ0v) is 38.5. The van der Waals surface area contributed by atoms with Crippen LogP contribution in [0, 0.1) is 17.8 Å². The fourth-order valence-corrected chi connectivity index (χ4v) is 8.26. The molecule has 1 aromatic rings. The van der Waals surface area contributed by atoms with Gasteiger partial charge in [-0.05, 0) is 50.6 Å². The lowest BCUT2D eigenvalue weighted by atomic mass is 9.89. The predicted molar refractivity (Wildman–Crippen MR) is 235 cm³/mol. The average molecular weight is 849 g/mol. The van der Waals surface area contributed by atoms with Gasteiger partial charge in [-0.15, -0.1) is 0 Å². The van der Waals surface area contributed by atoms with E-state index in [0.29, 0.717) is 59.2 Å². The lowest BCUT2D eigenvalue weighted by Gasteiger charge is -2.41. The normalized spacial score (nSPS) is 17.8. The first-order valence-corrected chi connectivity index (χ1v) is 21.8. The molecule has 0 saturated carbocycles. The SMILES string of the molecule is C=C(CC(OC)C(C(C)CC)N(C)C(=O)CNC(=O)C(C(C)C)N(C)CCOCCOCCOCCON)N1CCCC1C(OC)C(C)C(=O)NC(C)Cc1ccccc1. The highest BCUT2D eigenvalue weighted by Gasteiger charge is 2.40. The van der Waals surface area contributed by atoms with Crippen LogP contribution in [0.5, 0.6) is 0 Å². The fraction of sp³-hybridized carbons (Fsp3) is 0.756. The van der Waals surface area contributed by atoms with Crippen molar-refractivity contribution in [2.45, 2.75) is 110 Å². The van der Waals surface area contributed by atoms with Crippen LogP contribution in [-0.4, -0.2) is 163 Å². The molecule has 1 fully saturated rings. The van der Waals surface area contributed by atoms with Gasteiger partial charge < -0.3 is 49.0 Å². The van der Waals surface area contributed by atoms with E-state index in [0.717, 1.165) is 37.9 Å². The monoisotopic (exact) mass is 849 g/mol. The number of amides is 3. The molecular weight excluding hydrogens is 769 g/mol. The van der Waals surface area contributed by atoms with E-state index >= 15 is 0 Å². The molecule has 15 heteroatoms. The minimum atomic E-state index is -0.450. The number of methoxy groups -OCH3 is 2. The largest absolute Gasteiger partial charge is 0.379 e. The predicted octanol–water partition coefficient (Wildman–Crippen LogP) is 3.65. The number of ether oxygens (including phenoxy) is 5. The van der Waals surface area contributed by atoms with Gasteiger partial charge in [0.25, 0.3) is 0 Å². The molecule has 1 aliphatic rings. The summed E-state index contributed by atoms with van der Waals surface area (Å²) in [5, 5.41) is 6.12. The van der Waals surface area contributed by atoms with E-state index in [2.05, 4.69) is 52.9 Å². The molecule has 0 aliphatic carbocycles. The highest BCUT2D eigenvalue weighted by molar-refractivity contribution is 5.87. The second-order valence-electron chi connectivity index (χ2n) is 16.5. The lowest BCUT2D eigenvalue weighted by molar-refractivity contribution is -0.138. The highest BCUT2D eigenvalue weighted by Crippen LogP contribution is 2.32. The Morgan fingerprint density at radius 3 is 2.08 bits per heavy atom. The smallest absolute Gasteiger partial charge is 0.242 e. The summed E-state index contributed by atoms with van der Waals surface area (Å²) in [6.07, 6.45) is 3.18. The van der Waals surface area contributed by atoms with Gasteiger partial charge in [-0.2, -0.15) is 0 Å². The summed E-state index contributed by atoms with van der Waals surface area (Å²) in [4.78, 5) is 51.3. The van der Waals surface area contributed by atoms with Crippen molar-refractivity contribution in [3.8, 4) is 0 Å². The molecule has 0 spiro atoms. The van der Waals surface area contributed by atoms with E-state index in [9.17, 15) is 14.4 Å². The van der Waals surface area contributed by atoms with Crippen molar-refractivity contribution in [1.82, 2.24) is 25.3 Å². The van der Waals surface area contributed by atoms with Crippen LogP contribution in [0.3, 0.4) is 0 Å². The molecule has 8 atom stereocenters. The van der Waals surface area contributed by atoms with E-state index in [1.165, 1.54) is 5.56 Å². The van der Waals surface area contributed by atoms with Gasteiger partial charge in [0.2, 0.25) is 17.7 Å². The first-order chi connectivity index (χ1) is 28.7. The summed E-state index contributed by atoms with van der Waals surface area (Å²) in [7, 11) is 7.02. The third kappa shape index (κ3) is 17.7. The van der Waals surface area contributed by atoms with Gasteiger partial charge in [0, 0.05) is 52.5 Å². The van der Waals surface area contributed by atoms with Crippen molar-refractivity contribution in [3.05, 3.63) is 48.2 Å². The zero-order valence-electron chi connectivity index (χ0n) is 38.5. The number of carbonyl (C=O) groups excluding carboxylic acids is 3. The molecule has 344 valence electrons. The molecule has 3 amide bonds. The third-order valence-corrected chi connectivity index (χ3v) is 11.7. The number of rotatable bonds is 32. The molecule has 4 N–H and O–H groups in total. The second-order valence-corrected chi connectivity index (χ2v) is 16.5. The molecule has 0 radical (unpaired) electrons.